The molecule has 0 saturated heterocycles. The van der Waals surface area contributed by atoms with Crippen molar-refractivity contribution in [3.05, 3.63) is 60.3 Å². The molecule has 0 unspecified atom stereocenters. The highest BCUT2D eigenvalue weighted by atomic mass is 79.9. The van der Waals surface area contributed by atoms with Gasteiger partial charge < -0.3 is 4.74 Å². The van der Waals surface area contributed by atoms with Crippen molar-refractivity contribution in [2.45, 2.75) is 13.8 Å². The van der Waals surface area contributed by atoms with Crippen LogP contribution in [0.5, 0.6) is 11.5 Å². The lowest BCUT2D eigenvalue weighted by Gasteiger charge is -2.10. The summed E-state index contributed by atoms with van der Waals surface area (Å²) in [4.78, 5) is 10.3. The van der Waals surface area contributed by atoms with Crippen molar-refractivity contribution in [2.75, 3.05) is 0 Å². The van der Waals surface area contributed by atoms with Gasteiger partial charge in [-0.1, -0.05) is 15.9 Å². The fourth-order valence-electron chi connectivity index (χ4n) is 1.83. The minimum atomic E-state index is -0.711. The number of aryl methyl sites for hydroxylation is 2. The molecule has 7 heteroatoms. The van der Waals surface area contributed by atoms with Gasteiger partial charge in [-0.15, -0.1) is 0 Å². The van der Waals surface area contributed by atoms with Gasteiger partial charge in [0, 0.05) is 10.5 Å². The first-order valence-electron chi connectivity index (χ1n) is 5.87. The minimum Gasteiger partial charge on any atom is -0.450 e. The molecule has 0 spiro atoms. The lowest BCUT2D eigenvalue weighted by atomic mass is 10.1. The van der Waals surface area contributed by atoms with E-state index >= 15 is 0 Å². The number of hydrogen-bond acceptors (Lipinski definition) is 3. The van der Waals surface area contributed by atoms with Crippen molar-refractivity contribution in [2.24, 2.45) is 0 Å². The molecule has 2 rings (SSSR count). The number of halogens is 3. The zero-order valence-electron chi connectivity index (χ0n) is 11.1. The molecule has 4 nitrogen and oxygen atoms in total. The molecule has 0 atom stereocenters. The van der Waals surface area contributed by atoms with E-state index in [-0.39, 0.29) is 10.2 Å². The first kappa shape index (κ1) is 15.9. The maximum absolute atomic E-state index is 13.4. The van der Waals surface area contributed by atoms with Gasteiger partial charge >= 0.3 is 5.69 Å². The zero-order chi connectivity index (χ0) is 15.7. The van der Waals surface area contributed by atoms with E-state index in [1.165, 1.54) is 6.07 Å². The topological polar surface area (TPSA) is 52.4 Å². The minimum absolute atomic E-state index is 0.0191. The Morgan fingerprint density at radius 1 is 1.14 bits per heavy atom. The normalized spacial score (nSPS) is 10.5. The Balaban J connectivity index is 2.48. The van der Waals surface area contributed by atoms with Crippen LogP contribution < -0.4 is 4.74 Å². The molecule has 0 N–H and O–H groups in total. The predicted molar refractivity (Wildman–Crippen MR) is 84.4 cm³/mol. The number of hydrogen-bond donors (Lipinski definition) is 0. The van der Waals surface area contributed by atoms with Gasteiger partial charge in [0.05, 0.1) is 15.5 Å². The molecule has 0 fully saturated rings. The molecule has 0 aliphatic rings. The second-order valence-electron chi connectivity index (χ2n) is 4.46. The van der Waals surface area contributed by atoms with Crippen LogP contribution in [0.15, 0.2) is 33.2 Å². The quantitative estimate of drug-likeness (QED) is 0.476. The van der Waals surface area contributed by atoms with Crippen LogP contribution in [-0.2, 0) is 0 Å². The van der Waals surface area contributed by atoms with Gasteiger partial charge in [0.25, 0.3) is 0 Å². The third kappa shape index (κ3) is 3.41. The summed E-state index contributed by atoms with van der Waals surface area (Å²) >= 11 is 6.43. The van der Waals surface area contributed by atoms with Crippen LogP contribution >= 0.6 is 31.9 Å². The number of rotatable bonds is 3. The third-order valence-corrected chi connectivity index (χ3v) is 4.69. The number of ether oxygens (including phenoxy) is 1. The Labute approximate surface area is 137 Å². The summed E-state index contributed by atoms with van der Waals surface area (Å²) in [6.07, 6.45) is 0. The van der Waals surface area contributed by atoms with E-state index in [2.05, 4.69) is 31.9 Å². The molecule has 0 aliphatic heterocycles. The van der Waals surface area contributed by atoms with Crippen molar-refractivity contribution in [3.8, 4) is 11.5 Å². The summed E-state index contributed by atoms with van der Waals surface area (Å²) < 4.78 is 20.0. The number of benzene rings is 2. The fraction of sp³-hybridized carbons (Fsp3) is 0.143. The van der Waals surface area contributed by atoms with Crippen molar-refractivity contribution in [3.63, 3.8) is 0 Å². The van der Waals surface area contributed by atoms with Crippen LogP contribution in [0.2, 0.25) is 0 Å². The van der Waals surface area contributed by atoms with E-state index in [9.17, 15) is 14.5 Å². The first-order chi connectivity index (χ1) is 9.79. The van der Waals surface area contributed by atoms with E-state index in [1.54, 1.807) is 12.1 Å². The van der Waals surface area contributed by atoms with E-state index in [0.29, 0.717) is 5.75 Å². The Bertz CT molecular complexity index is 711. The summed E-state index contributed by atoms with van der Waals surface area (Å²) in [6.45, 7) is 3.78. The summed E-state index contributed by atoms with van der Waals surface area (Å²) in [6, 6.07) is 5.58. The Morgan fingerprint density at radius 2 is 1.71 bits per heavy atom. The second-order valence-corrected chi connectivity index (χ2v) is 6.11. The Morgan fingerprint density at radius 3 is 2.24 bits per heavy atom. The molecule has 0 aromatic heterocycles. The largest absolute Gasteiger partial charge is 0.450 e. The molecule has 0 radical (unpaired) electrons. The van der Waals surface area contributed by atoms with Gasteiger partial charge in [0.2, 0.25) is 5.75 Å². The molecule has 2 aromatic carbocycles. The number of nitro groups is 1. The van der Waals surface area contributed by atoms with E-state index in [0.717, 1.165) is 21.7 Å². The molecule has 0 aliphatic carbocycles. The van der Waals surface area contributed by atoms with Gasteiger partial charge in [-0.25, -0.2) is 4.39 Å². The molecular formula is C14H10Br2FNO3. The highest BCUT2D eigenvalue weighted by Gasteiger charge is 2.20. The molecule has 0 bridgehead atoms. The van der Waals surface area contributed by atoms with Crippen molar-refractivity contribution < 1.29 is 14.1 Å². The molecule has 0 heterocycles. The van der Waals surface area contributed by atoms with Gasteiger partial charge in [0.1, 0.15) is 11.6 Å². The van der Waals surface area contributed by atoms with Crippen LogP contribution in [-0.4, -0.2) is 4.92 Å². The average molecular weight is 419 g/mol. The molecule has 0 amide bonds. The lowest BCUT2D eigenvalue weighted by molar-refractivity contribution is -0.385. The maximum atomic E-state index is 13.4. The lowest BCUT2D eigenvalue weighted by Crippen LogP contribution is -1.96. The van der Waals surface area contributed by atoms with Crippen LogP contribution in [0.1, 0.15) is 11.1 Å². The zero-order valence-corrected chi connectivity index (χ0v) is 14.3. The summed E-state index contributed by atoms with van der Waals surface area (Å²) in [5, 5.41) is 11.0. The molecule has 110 valence electrons. The second kappa shape index (κ2) is 6.11. The highest BCUT2D eigenvalue weighted by Crippen LogP contribution is 2.37. The van der Waals surface area contributed by atoms with Crippen molar-refractivity contribution >= 4 is 37.5 Å². The molecule has 21 heavy (non-hydrogen) atoms. The van der Waals surface area contributed by atoms with Crippen molar-refractivity contribution in [1.29, 1.82) is 0 Å². The summed E-state index contributed by atoms with van der Waals surface area (Å²) in [7, 11) is 0. The SMILES string of the molecule is Cc1cc(Oc2cc(Br)c(F)cc2[N+](=O)[O-])cc(C)c1Br. The monoisotopic (exact) mass is 417 g/mol. The van der Waals surface area contributed by atoms with Gasteiger partial charge in [-0.2, -0.15) is 0 Å². The molecule has 0 saturated carbocycles. The van der Waals surface area contributed by atoms with Crippen LogP contribution in [0.4, 0.5) is 10.1 Å². The van der Waals surface area contributed by atoms with E-state index in [1.807, 2.05) is 13.8 Å². The van der Waals surface area contributed by atoms with Gasteiger partial charge in [-0.05, 0) is 53.0 Å². The number of nitro benzene ring substituents is 1. The number of nitrogens with zero attached hydrogens (tertiary/aromatic N) is 1. The maximum Gasteiger partial charge on any atom is 0.314 e. The van der Waals surface area contributed by atoms with E-state index < -0.39 is 16.4 Å². The highest BCUT2D eigenvalue weighted by molar-refractivity contribution is 9.10. The standard InChI is InChI=1S/C14H10Br2FNO3/c1-7-3-9(4-8(2)14(7)16)21-13-5-10(15)11(17)6-12(13)18(19)20/h3-6H,1-2H3. The van der Waals surface area contributed by atoms with Gasteiger partial charge in [-0.3, -0.25) is 10.1 Å². The summed E-state index contributed by atoms with van der Waals surface area (Å²) in [5.74, 6) is -0.276. The van der Waals surface area contributed by atoms with Crippen LogP contribution in [0, 0.1) is 29.8 Å². The molecular weight excluding hydrogens is 409 g/mol. The van der Waals surface area contributed by atoms with Crippen LogP contribution in [0.25, 0.3) is 0 Å². The summed E-state index contributed by atoms with van der Waals surface area (Å²) in [5.41, 5.74) is 1.46. The van der Waals surface area contributed by atoms with Gasteiger partial charge in [0.15, 0.2) is 0 Å². The first-order valence-corrected chi connectivity index (χ1v) is 7.46. The van der Waals surface area contributed by atoms with E-state index in [4.69, 9.17) is 4.74 Å². The predicted octanol–water partition coefficient (Wildman–Crippen LogP) is 5.67. The fourth-order valence-corrected chi connectivity index (χ4v) is 2.39. The van der Waals surface area contributed by atoms with Crippen LogP contribution in [0.3, 0.4) is 0 Å². The third-order valence-electron chi connectivity index (χ3n) is 2.84. The Kier molecular flexibility index (Phi) is 4.63. The smallest absolute Gasteiger partial charge is 0.314 e. The Hall–Kier alpha value is -1.47. The molecule has 2 aromatic rings. The van der Waals surface area contributed by atoms with Crippen molar-refractivity contribution in [1.82, 2.24) is 0 Å². The average Bonchev–Trinajstić information content (AvgIpc) is 2.39.